The minimum absolute atomic E-state index is 0.228. The topological polar surface area (TPSA) is 84.0 Å². The van der Waals surface area contributed by atoms with Crippen LogP contribution in [0.5, 0.6) is 5.75 Å². The number of aromatic nitrogens is 4. The van der Waals surface area contributed by atoms with Crippen molar-refractivity contribution in [3.05, 3.63) is 42.0 Å². The van der Waals surface area contributed by atoms with Gasteiger partial charge in [0.05, 0.1) is 12.4 Å². The van der Waals surface area contributed by atoms with Crippen molar-refractivity contribution >= 4 is 22.8 Å². The summed E-state index contributed by atoms with van der Waals surface area (Å²) in [5.41, 5.74) is 3.44. The number of nitrogens with zero attached hydrogens (tertiary/aromatic N) is 4. The summed E-state index contributed by atoms with van der Waals surface area (Å²) in [4.78, 5) is 30.5. The number of ether oxygens (including phenoxy) is 1. The Labute approximate surface area is 156 Å². The first-order valence-electron chi connectivity index (χ1n) is 9.50. The Morgan fingerprint density at radius 3 is 3.11 bits per heavy atom. The minimum Gasteiger partial charge on any atom is -0.491 e. The van der Waals surface area contributed by atoms with Gasteiger partial charge in [0.2, 0.25) is 0 Å². The lowest BCUT2D eigenvalue weighted by atomic mass is 9.90. The number of aromatic amines is 1. The van der Waals surface area contributed by atoms with E-state index in [0.29, 0.717) is 13.0 Å². The van der Waals surface area contributed by atoms with E-state index in [9.17, 15) is 4.79 Å². The first-order chi connectivity index (χ1) is 13.3. The second-order valence-corrected chi connectivity index (χ2v) is 7.16. The standard InChI is InChI=1S/C20H21N5O2/c26-16-7-1-6-15-14(16)5-2-8-17(15)27-10-13-4-3-9-25(13)20-18-19(22-11-21-18)23-12-24-20/h2,5,8,11-13H,1,3-4,6-7,9-10H2,(H,21,22,23,24)/t13-/m1/s1. The second-order valence-electron chi connectivity index (χ2n) is 7.16. The van der Waals surface area contributed by atoms with Gasteiger partial charge in [-0.1, -0.05) is 12.1 Å². The number of nitrogens with one attached hydrogen (secondary N) is 1. The zero-order valence-corrected chi connectivity index (χ0v) is 15.0. The number of carbonyl (C=O) groups is 1. The number of imidazole rings is 1. The molecule has 0 saturated carbocycles. The van der Waals surface area contributed by atoms with Crippen LogP contribution in [-0.4, -0.2) is 44.9 Å². The Balaban J connectivity index is 1.38. The quantitative estimate of drug-likeness (QED) is 0.767. The van der Waals surface area contributed by atoms with Gasteiger partial charge in [0, 0.05) is 24.1 Å². The number of hydrogen-bond acceptors (Lipinski definition) is 6. The number of Topliss-reactive ketones (excluding diaryl/α,β-unsaturated/α-hetero) is 1. The molecule has 5 rings (SSSR count). The van der Waals surface area contributed by atoms with E-state index in [1.54, 1.807) is 12.7 Å². The normalized spacial score (nSPS) is 19.5. The van der Waals surface area contributed by atoms with Crippen LogP contribution in [0.1, 0.15) is 41.6 Å². The van der Waals surface area contributed by atoms with Crippen LogP contribution >= 0.6 is 0 Å². The van der Waals surface area contributed by atoms with E-state index < -0.39 is 0 Å². The Morgan fingerprint density at radius 2 is 2.15 bits per heavy atom. The number of benzene rings is 1. The molecule has 1 aromatic carbocycles. The molecule has 1 aliphatic heterocycles. The largest absolute Gasteiger partial charge is 0.491 e. The third-order valence-electron chi connectivity index (χ3n) is 5.54. The number of fused-ring (bicyclic) bond motifs is 2. The predicted molar refractivity (Wildman–Crippen MR) is 101 cm³/mol. The molecular formula is C20H21N5O2. The van der Waals surface area contributed by atoms with Gasteiger partial charge in [-0.15, -0.1) is 0 Å². The van der Waals surface area contributed by atoms with Gasteiger partial charge < -0.3 is 14.6 Å². The number of anilines is 1. The predicted octanol–water partition coefficient (Wildman–Crippen LogP) is 2.92. The van der Waals surface area contributed by atoms with Gasteiger partial charge in [-0.3, -0.25) is 4.79 Å². The van der Waals surface area contributed by atoms with E-state index in [0.717, 1.165) is 66.1 Å². The van der Waals surface area contributed by atoms with Gasteiger partial charge in [-0.25, -0.2) is 15.0 Å². The molecule has 7 heteroatoms. The van der Waals surface area contributed by atoms with E-state index in [2.05, 4.69) is 24.8 Å². The fourth-order valence-corrected chi connectivity index (χ4v) is 4.22. The molecule has 138 valence electrons. The molecule has 3 heterocycles. The summed E-state index contributed by atoms with van der Waals surface area (Å²) in [5.74, 6) is 1.93. The Bertz CT molecular complexity index is 999. The number of carbonyl (C=O) groups excluding carboxylic acids is 1. The summed E-state index contributed by atoms with van der Waals surface area (Å²) in [6.45, 7) is 1.50. The highest BCUT2D eigenvalue weighted by Gasteiger charge is 2.29. The molecular weight excluding hydrogens is 342 g/mol. The smallest absolute Gasteiger partial charge is 0.163 e. The van der Waals surface area contributed by atoms with Gasteiger partial charge in [0.25, 0.3) is 0 Å². The molecule has 7 nitrogen and oxygen atoms in total. The van der Waals surface area contributed by atoms with Crippen LogP contribution in [0.2, 0.25) is 0 Å². The van der Waals surface area contributed by atoms with Crippen molar-refractivity contribution in [1.29, 1.82) is 0 Å². The molecule has 0 unspecified atom stereocenters. The van der Waals surface area contributed by atoms with Crippen molar-refractivity contribution in [2.24, 2.45) is 0 Å². The van der Waals surface area contributed by atoms with E-state index in [4.69, 9.17) is 4.74 Å². The fourth-order valence-electron chi connectivity index (χ4n) is 4.22. The maximum Gasteiger partial charge on any atom is 0.163 e. The number of ketones is 1. The Kier molecular flexibility index (Phi) is 3.99. The fraction of sp³-hybridized carbons (Fsp3) is 0.400. The SMILES string of the molecule is O=C1CCCc2c(OC[C@H]3CCCN3c3ncnc4[nH]cnc34)cccc21. The van der Waals surface area contributed by atoms with Crippen molar-refractivity contribution in [3.63, 3.8) is 0 Å². The molecule has 0 bridgehead atoms. The van der Waals surface area contributed by atoms with Crippen LogP contribution in [-0.2, 0) is 6.42 Å². The third-order valence-corrected chi connectivity index (χ3v) is 5.54. The van der Waals surface area contributed by atoms with E-state index in [1.165, 1.54) is 0 Å². The summed E-state index contributed by atoms with van der Waals surface area (Å²) in [6.07, 6.45) is 7.81. The van der Waals surface area contributed by atoms with Crippen LogP contribution in [0.3, 0.4) is 0 Å². The highest BCUT2D eigenvalue weighted by atomic mass is 16.5. The van der Waals surface area contributed by atoms with Crippen LogP contribution in [0.25, 0.3) is 11.2 Å². The molecule has 0 spiro atoms. The highest BCUT2D eigenvalue weighted by Crippen LogP contribution is 2.32. The number of hydrogen-bond donors (Lipinski definition) is 1. The molecule has 1 aliphatic carbocycles. The average Bonchev–Trinajstić information content (AvgIpc) is 3.36. The molecule has 1 fully saturated rings. The highest BCUT2D eigenvalue weighted by molar-refractivity contribution is 5.99. The summed E-state index contributed by atoms with van der Waals surface area (Å²) < 4.78 is 6.22. The summed E-state index contributed by atoms with van der Waals surface area (Å²) >= 11 is 0. The first kappa shape index (κ1) is 16.2. The van der Waals surface area contributed by atoms with Gasteiger partial charge in [-0.05, 0) is 31.7 Å². The third kappa shape index (κ3) is 2.83. The lowest BCUT2D eigenvalue weighted by Crippen LogP contribution is -2.35. The number of H-pyrrole nitrogens is 1. The average molecular weight is 363 g/mol. The van der Waals surface area contributed by atoms with Gasteiger partial charge in [-0.2, -0.15) is 0 Å². The molecule has 1 N–H and O–H groups in total. The monoisotopic (exact) mass is 363 g/mol. The van der Waals surface area contributed by atoms with Crippen molar-refractivity contribution < 1.29 is 9.53 Å². The van der Waals surface area contributed by atoms with Crippen LogP contribution in [0.4, 0.5) is 5.82 Å². The van der Waals surface area contributed by atoms with Crippen molar-refractivity contribution in [3.8, 4) is 5.75 Å². The van der Waals surface area contributed by atoms with Gasteiger partial charge in [0.15, 0.2) is 17.2 Å². The van der Waals surface area contributed by atoms with Crippen LogP contribution in [0, 0.1) is 0 Å². The molecule has 2 aliphatic rings. The molecule has 1 saturated heterocycles. The lowest BCUT2D eigenvalue weighted by molar-refractivity contribution is 0.0971. The van der Waals surface area contributed by atoms with E-state index in [-0.39, 0.29) is 11.8 Å². The molecule has 2 aromatic heterocycles. The maximum absolute atomic E-state index is 12.1. The van der Waals surface area contributed by atoms with Crippen LogP contribution < -0.4 is 9.64 Å². The van der Waals surface area contributed by atoms with Crippen LogP contribution in [0.15, 0.2) is 30.9 Å². The summed E-state index contributed by atoms with van der Waals surface area (Å²) in [5, 5.41) is 0. The zero-order chi connectivity index (χ0) is 18.2. The van der Waals surface area contributed by atoms with E-state index in [1.807, 2.05) is 18.2 Å². The second kappa shape index (κ2) is 6.64. The molecule has 0 radical (unpaired) electrons. The van der Waals surface area contributed by atoms with Gasteiger partial charge in [0.1, 0.15) is 24.2 Å². The molecule has 0 amide bonds. The van der Waals surface area contributed by atoms with Gasteiger partial charge >= 0.3 is 0 Å². The Hall–Kier alpha value is -2.96. The minimum atomic E-state index is 0.228. The maximum atomic E-state index is 12.1. The van der Waals surface area contributed by atoms with Crippen molar-refractivity contribution in [1.82, 2.24) is 19.9 Å². The molecule has 1 atom stereocenters. The summed E-state index contributed by atoms with van der Waals surface area (Å²) in [6, 6.07) is 6.05. The first-order valence-corrected chi connectivity index (χ1v) is 9.50. The molecule has 27 heavy (non-hydrogen) atoms. The number of rotatable bonds is 4. The Morgan fingerprint density at radius 1 is 1.19 bits per heavy atom. The van der Waals surface area contributed by atoms with Crippen molar-refractivity contribution in [2.45, 2.75) is 38.1 Å². The summed E-state index contributed by atoms with van der Waals surface area (Å²) in [7, 11) is 0. The zero-order valence-electron chi connectivity index (χ0n) is 15.0. The lowest BCUT2D eigenvalue weighted by Gasteiger charge is -2.26. The van der Waals surface area contributed by atoms with E-state index >= 15 is 0 Å². The molecule has 3 aromatic rings. The van der Waals surface area contributed by atoms with Crippen molar-refractivity contribution in [2.75, 3.05) is 18.1 Å².